The quantitative estimate of drug-likeness (QED) is 0.439. The van der Waals surface area contributed by atoms with Crippen molar-refractivity contribution in [2.75, 3.05) is 24.9 Å². The molecule has 0 radical (unpaired) electrons. The van der Waals surface area contributed by atoms with Gasteiger partial charge in [-0.1, -0.05) is 54.1 Å². The highest BCUT2D eigenvalue weighted by Gasteiger charge is 2.07. The lowest BCUT2D eigenvalue weighted by atomic mass is 10.0. The van der Waals surface area contributed by atoms with Crippen molar-refractivity contribution in [2.45, 2.75) is 13.0 Å². The maximum atomic E-state index is 11.2. The van der Waals surface area contributed by atoms with Crippen LogP contribution in [-0.2, 0) is 0 Å². The van der Waals surface area contributed by atoms with Crippen LogP contribution in [0, 0.1) is 6.92 Å². The van der Waals surface area contributed by atoms with Crippen LogP contribution in [0.2, 0.25) is 0 Å². The van der Waals surface area contributed by atoms with Gasteiger partial charge < -0.3 is 20.8 Å². The van der Waals surface area contributed by atoms with Crippen LogP contribution in [-0.4, -0.2) is 35.7 Å². The molecule has 0 bridgehead atoms. The molecule has 3 rings (SSSR count). The van der Waals surface area contributed by atoms with E-state index in [0.29, 0.717) is 22.4 Å². The zero-order valence-electron chi connectivity index (χ0n) is 20.0. The third-order valence-corrected chi connectivity index (χ3v) is 4.39. The first-order valence-electron chi connectivity index (χ1n) is 11.2. The van der Waals surface area contributed by atoms with Crippen LogP contribution < -0.4 is 10.6 Å². The SMILES string of the molecule is [2H]C([2H])(NC[C@H](O)c1cccc(C)c1)C([2H])([2H])Nc1cccc(-c2cccc(C(=O)O)c2)c1. The molecule has 0 aliphatic carbocycles. The largest absolute Gasteiger partial charge is 0.478 e. The molecule has 0 amide bonds. The van der Waals surface area contributed by atoms with Crippen molar-refractivity contribution < 1.29 is 20.5 Å². The normalized spacial score (nSPS) is 14.8. The number of aryl methyl sites for hydroxylation is 1. The Morgan fingerprint density at radius 1 is 1.00 bits per heavy atom. The van der Waals surface area contributed by atoms with Gasteiger partial charge in [-0.2, -0.15) is 0 Å². The van der Waals surface area contributed by atoms with Crippen molar-refractivity contribution in [3.8, 4) is 11.1 Å². The van der Waals surface area contributed by atoms with Gasteiger partial charge in [0.05, 0.1) is 14.4 Å². The number of rotatable bonds is 9. The maximum Gasteiger partial charge on any atom is 0.335 e. The summed E-state index contributed by atoms with van der Waals surface area (Å²) in [7, 11) is 0. The predicted octanol–water partition coefficient (Wildman–Crippen LogP) is 4.10. The van der Waals surface area contributed by atoms with E-state index in [1.54, 1.807) is 54.6 Å². The average Bonchev–Trinajstić information content (AvgIpc) is 2.77. The fourth-order valence-corrected chi connectivity index (χ4v) is 2.90. The van der Waals surface area contributed by atoms with Crippen molar-refractivity contribution in [3.05, 3.63) is 89.5 Å². The van der Waals surface area contributed by atoms with Crippen molar-refractivity contribution in [3.63, 3.8) is 0 Å². The van der Waals surface area contributed by atoms with E-state index in [-0.39, 0.29) is 12.1 Å². The van der Waals surface area contributed by atoms with Gasteiger partial charge in [0.15, 0.2) is 0 Å². The molecule has 5 nitrogen and oxygen atoms in total. The van der Waals surface area contributed by atoms with E-state index in [1.165, 1.54) is 12.1 Å². The summed E-state index contributed by atoms with van der Waals surface area (Å²) in [4.78, 5) is 11.2. The fourth-order valence-electron chi connectivity index (χ4n) is 2.90. The minimum Gasteiger partial charge on any atom is -0.478 e. The Balaban J connectivity index is 1.73. The second-order valence-corrected chi connectivity index (χ2v) is 6.65. The number of hydrogen-bond donors (Lipinski definition) is 4. The second kappa shape index (κ2) is 9.87. The van der Waals surface area contributed by atoms with E-state index in [9.17, 15) is 15.0 Å². The molecular formula is C24H26N2O3. The number of carboxylic acid groups (broad SMARTS) is 1. The Kier molecular flexibility index (Phi) is 5.35. The van der Waals surface area contributed by atoms with Gasteiger partial charge in [-0.05, 0) is 47.9 Å². The smallest absolute Gasteiger partial charge is 0.335 e. The van der Waals surface area contributed by atoms with Gasteiger partial charge >= 0.3 is 5.97 Å². The molecule has 0 saturated heterocycles. The summed E-state index contributed by atoms with van der Waals surface area (Å²) < 4.78 is 33.0. The molecule has 3 aromatic carbocycles. The third kappa shape index (κ3) is 5.91. The molecule has 29 heavy (non-hydrogen) atoms. The van der Waals surface area contributed by atoms with Crippen LogP contribution in [0.25, 0.3) is 11.1 Å². The van der Waals surface area contributed by atoms with Crippen molar-refractivity contribution in [1.29, 1.82) is 0 Å². The highest BCUT2D eigenvalue weighted by molar-refractivity contribution is 5.89. The molecule has 0 spiro atoms. The van der Waals surface area contributed by atoms with Gasteiger partial charge in [-0.15, -0.1) is 0 Å². The standard InChI is InChI=1S/C24H26N2O3/c1-17-5-2-8-20(13-17)23(27)16-25-11-12-26-22-10-4-7-19(15-22)18-6-3-9-21(14-18)24(28)29/h2-10,13-15,23,25-27H,11-12,16H2,1H3,(H,28,29)/t23-/m0/s1/i11D2,12D2. The molecule has 0 aliphatic rings. The van der Waals surface area contributed by atoms with E-state index in [0.717, 1.165) is 5.56 Å². The summed E-state index contributed by atoms with van der Waals surface area (Å²) in [6.07, 6.45) is -0.999. The zero-order valence-corrected chi connectivity index (χ0v) is 16.0. The average molecular weight is 395 g/mol. The molecule has 0 fully saturated rings. The molecule has 0 saturated carbocycles. The van der Waals surface area contributed by atoms with Gasteiger partial charge in [-0.3, -0.25) is 0 Å². The van der Waals surface area contributed by atoms with E-state index in [1.807, 2.05) is 13.0 Å². The first-order chi connectivity index (χ1) is 15.5. The van der Waals surface area contributed by atoms with Gasteiger partial charge in [0.25, 0.3) is 0 Å². The number of anilines is 1. The van der Waals surface area contributed by atoms with E-state index < -0.39 is 25.1 Å². The molecule has 0 heterocycles. The fraction of sp³-hybridized carbons (Fsp3) is 0.208. The second-order valence-electron chi connectivity index (χ2n) is 6.65. The monoisotopic (exact) mass is 394 g/mol. The van der Waals surface area contributed by atoms with E-state index in [2.05, 4.69) is 10.6 Å². The number of nitrogens with one attached hydrogen (secondary N) is 2. The van der Waals surface area contributed by atoms with Gasteiger partial charge in [0.2, 0.25) is 0 Å². The Morgan fingerprint density at radius 2 is 1.72 bits per heavy atom. The number of hydrogen-bond acceptors (Lipinski definition) is 4. The number of carbonyl (C=O) groups is 1. The Labute approximate surface area is 176 Å². The van der Waals surface area contributed by atoms with Crippen LogP contribution in [0.15, 0.2) is 72.8 Å². The first-order valence-corrected chi connectivity index (χ1v) is 9.20. The lowest BCUT2D eigenvalue weighted by Gasteiger charge is -2.14. The van der Waals surface area contributed by atoms with Crippen LogP contribution in [0.3, 0.4) is 0 Å². The van der Waals surface area contributed by atoms with E-state index >= 15 is 0 Å². The number of carboxylic acids is 1. The molecule has 150 valence electrons. The van der Waals surface area contributed by atoms with Crippen LogP contribution >= 0.6 is 0 Å². The maximum absolute atomic E-state index is 11.2. The predicted molar refractivity (Wildman–Crippen MR) is 116 cm³/mol. The lowest BCUT2D eigenvalue weighted by Crippen LogP contribution is -2.26. The van der Waals surface area contributed by atoms with Crippen LogP contribution in [0.5, 0.6) is 0 Å². The summed E-state index contributed by atoms with van der Waals surface area (Å²) in [5.74, 6) is -1.05. The summed E-state index contributed by atoms with van der Waals surface area (Å²) in [6.45, 7) is -3.34. The Hall–Kier alpha value is -3.15. The highest BCUT2D eigenvalue weighted by atomic mass is 16.4. The first kappa shape index (κ1) is 15.7. The zero-order chi connectivity index (χ0) is 24.2. The number of aliphatic hydroxyl groups is 1. The number of aromatic carboxylic acids is 1. The molecule has 1 atom stereocenters. The van der Waals surface area contributed by atoms with Gasteiger partial charge in [0.1, 0.15) is 0 Å². The van der Waals surface area contributed by atoms with Crippen molar-refractivity contribution in [1.82, 2.24) is 5.32 Å². The minimum atomic E-state index is -2.53. The molecule has 0 unspecified atom stereocenters. The van der Waals surface area contributed by atoms with Gasteiger partial charge in [0, 0.05) is 28.0 Å². The molecular weight excluding hydrogens is 364 g/mol. The minimum absolute atomic E-state index is 0.133. The summed E-state index contributed by atoms with van der Waals surface area (Å²) in [5, 5.41) is 24.6. The van der Waals surface area contributed by atoms with Gasteiger partial charge in [-0.25, -0.2) is 4.79 Å². The molecule has 4 N–H and O–H groups in total. The number of benzene rings is 3. The van der Waals surface area contributed by atoms with Crippen molar-refractivity contribution in [2.24, 2.45) is 0 Å². The molecule has 0 aromatic heterocycles. The van der Waals surface area contributed by atoms with Crippen molar-refractivity contribution >= 4 is 11.7 Å². The molecule has 5 heteroatoms. The topological polar surface area (TPSA) is 81.6 Å². The molecule has 3 aromatic rings. The Morgan fingerprint density at radius 3 is 2.48 bits per heavy atom. The van der Waals surface area contributed by atoms with E-state index in [4.69, 9.17) is 5.48 Å². The van der Waals surface area contributed by atoms with Crippen LogP contribution in [0.4, 0.5) is 5.69 Å². The summed E-state index contributed by atoms with van der Waals surface area (Å²) in [6, 6.07) is 20.2. The molecule has 0 aliphatic heterocycles. The highest BCUT2D eigenvalue weighted by Crippen LogP contribution is 2.23. The number of aliphatic hydroxyl groups excluding tert-OH is 1. The lowest BCUT2D eigenvalue weighted by molar-refractivity contribution is 0.0697. The Bertz CT molecular complexity index is 1140. The third-order valence-electron chi connectivity index (χ3n) is 4.39. The summed E-state index contributed by atoms with van der Waals surface area (Å²) >= 11 is 0. The van der Waals surface area contributed by atoms with Crippen LogP contribution in [0.1, 0.15) is 33.1 Å². The summed E-state index contributed by atoms with van der Waals surface area (Å²) in [5.41, 5.74) is 3.32.